The molecule has 4 heteroatoms. The molecule has 15 heavy (non-hydrogen) atoms. The Bertz CT molecular complexity index is 191. The first-order valence-electron chi connectivity index (χ1n) is 5.83. The first-order valence-corrected chi connectivity index (χ1v) is 5.83. The van der Waals surface area contributed by atoms with Gasteiger partial charge in [-0.2, -0.15) is 0 Å². The first kappa shape index (κ1) is 12.5. The predicted molar refractivity (Wildman–Crippen MR) is 59.5 cm³/mol. The van der Waals surface area contributed by atoms with Crippen LogP contribution < -0.4 is 10.6 Å². The monoisotopic (exact) mass is 214 g/mol. The number of aliphatic hydroxyl groups is 1. The van der Waals surface area contributed by atoms with Gasteiger partial charge in [-0.1, -0.05) is 0 Å². The molecule has 3 N–H and O–H groups in total. The molecule has 0 spiro atoms. The lowest BCUT2D eigenvalue weighted by molar-refractivity contribution is -0.122. The molecule has 2 atom stereocenters. The van der Waals surface area contributed by atoms with Crippen molar-refractivity contribution in [2.24, 2.45) is 5.92 Å². The fourth-order valence-electron chi connectivity index (χ4n) is 1.90. The lowest BCUT2D eigenvalue weighted by Crippen LogP contribution is -2.36. The summed E-state index contributed by atoms with van der Waals surface area (Å²) in [5.41, 5.74) is 0. The number of rotatable bonds is 5. The summed E-state index contributed by atoms with van der Waals surface area (Å²) in [7, 11) is 0. The molecule has 4 nitrogen and oxygen atoms in total. The summed E-state index contributed by atoms with van der Waals surface area (Å²) < 4.78 is 0. The van der Waals surface area contributed by atoms with E-state index in [-0.39, 0.29) is 18.6 Å². The minimum Gasteiger partial charge on any atom is -0.394 e. The number of hydrogen-bond donors (Lipinski definition) is 3. The van der Waals surface area contributed by atoms with Gasteiger partial charge in [0.15, 0.2) is 0 Å². The SMILES string of the molecule is C[C@@H](CO)NC(=O)CCC1CCCNC1. The standard InChI is InChI=1S/C11H22N2O2/c1-9(8-14)13-11(15)5-4-10-3-2-6-12-7-10/h9-10,12,14H,2-8H2,1H3,(H,13,15)/t9-,10?/m0/s1. The van der Waals surface area contributed by atoms with E-state index in [1.807, 2.05) is 0 Å². The van der Waals surface area contributed by atoms with Crippen molar-refractivity contribution < 1.29 is 9.90 Å². The first-order chi connectivity index (χ1) is 7.22. The third-order valence-corrected chi connectivity index (χ3v) is 2.86. The molecule has 1 rings (SSSR count). The molecule has 0 bridgehead atoms. The molecule has 0 aromatic rings. The van der Waals surface area contributed by atoms with Crippen LogP contribution in [0.25, 0.3) is 0 Å². The van der Waals surface area contributed by atoms with Gasteiger partial charge in [-0.25, -0.2) is 0 Å². The molecule has 0 saturated carbocycles. The lowest BCUT2D eigenvalue weighted by Gasteiger charge is -2.22. The van der Waals surface area contributed by atoms with Crippen LogP contribution in [0.15, 0.2) is 0 Å². The van der Waals surface area contributed by atoms with Crippen LogP contribution in [0.3, 0.4) is 0 Å². The molecule has 1 heterocycles. The fourth-order valence-corrected chi connectivity index (χ4v) is 1.90. The van der Waals surface area contributed by atoms with Crippen molar-refractivity contribution in [3.05, 3.63) is 0 Å². The number of hydrogen-bond acceptors (Lipinski definition) is 3. The summed E-state index contributed by atoms with van der Waals surface area (Å²) in [6.07, 6.45) is 3.99. The second-order valence-electron chi connectivity index (χ2n) is 4.40. The molecule has 0 aliphatic carbocycles. The van der Waals surface area contributed by atoms with Crippen molar-refractivity contribution in [2.45, 2.75) is 38.6 Å². The van der Waals surface area contributed by atoms with E-state index in [4.69, 9.17) is 5.11 Å². The zero-order valence-corrected chi connectivity index (χ0v) is 9.46. The quantitative estimate of drug-likeness (QED) is 0.615. The zero-order chi connectivity index (χ0) is 11.1. The minimum absolute atomic E-state index is 0.0106. The van der Waals surface area contributed by atoms with Gasteiger partial charge in [-0.3, -0.25) is 4.79 Å². The molecule has 88 valence electrons. The van der Waals surface area contributed by atoms with Gasteiger partial charge < -0.3 is 15.7 Å². The van der Waals surface area contributed by atoms with Gasteiger partial charge in [-0.15, -0.1) is 0 Å². The van der Waals surface area contributed by atoms with Crippen molar-refractivity contribution in [3.8, 4) is 0 Å². The highest BCUT2D eigenvalue weighted by Gasteiger charge is 2.14. The molecule has 0 aromatic carbocycles. The highest BCUT2D eigenvalue weighted by atomic mass is 16.3. The summed E-state index contributed by atoms with van der Waals surface area (Å²) in [5, 5.41) is 14.9. The molecule has 1 aliphatic rings. The van der Waals surface area contributed by atoms with Crippen LogP contribution in [0.4, 0.5) is 0 Å². The molecule has 0 radical (unpaired) electrons. The van der Waals surface area contributed by atoms with E-state index in [0.29, 0.717) is 12.3 Å². The van der Waals surface area contributed by atoms with Gasteiger partial charge >= 0.3 is 0 Å². The summed E-state index contributed by atoms with van der Waals surface area (Å²) in [6.45, 7) is 3.98. The third-order valence-electron chi connectivity index (χ3n) is 2.86. The second-order valence-corrected chi connectivity index (χ2v) is 4.40. The Kier molecular flexibility index (Phi) is 5.65. The van der Waals surface area contributed by atoms with Crippen LogP contribution in [-0.4, -0.2) is 36.8 Å². The molecule has 1 saturated heterocycles. The van der Waals surface area contributed by atoms with Crippen LogP contribution in [-0.2, 0) is 4.79 Å². The number of carbonyl (C=O) groups is 1. The maximum absolute atomic E-state index is 11.4. The van der Waals surface area contributed by atoms with Gasteiger partial charge in [0.05, 0.1) is 6.61 Å². The van der Waals surface area contributed by atoms with Gasteiger partial charge in [0.1, 0.15) is 0 Å². The van der Waals surface area contributed by atoms with Gasteiger partial charge in [0.25, 0.3) is 0 Å². The topological polar surface area (TPSA) is 61.4 Å². The molecular weight excluding hydrogens is 192 g/mol. The van der Waals surface area contributed by atoms with E-state index >= 15 is 0 Å². The number of nitrogens with one attached hydrogen (secondary N) is 2. The number of amides is 1. The Morgan fingerprint density at radius 1 is 1.67 bits per heavy atom. The van der Waals surface area contributed by atoms with E-state index in [0.717, 1.165) is 19.5 Å². The largest absolute Gasteiger partial charge is 0.394 e. The Labute approximate surface area is 91.4 Å². The summed E-state index contributed by atoms with van der Waals surface area (Å²) in [6, 6.07) is -0.123. The molecule has 1 amide bonds. The van der Waals surface area contributed by atoms with Gasteiger partial charge in [0, 0.05) is 12.5 Å². The Hall–Kier alpha value is -0.610. The van der Waals surface area contributed by atoms with Crippen LogP contribution in [0, 0.1) is 5.92 Å². The highest BCUT2D eigenvalue weighted by molar-refractivity contribution is 5.76. The maximum atomic E-state index is 11.4. The third kappa shape index (κ3) is 5.14. The van der Waals surface area contributed by atoms with Crippen molar-refractivity contribution in [2.75, 3.05) is 19.7 Å². The van der Waals surface area contributed by atoms with Crippen LogP contribution in [0.2, 0.25) is 0 Å². The molecule has 1 fully saturated rings. The summed E-state index contributed by atoms with van der Waals surface area (Å²) in [5.74, 6) is 0.705. The van der Waals surface area contributed by atoms with Crippen molar-refractivity contribution in [1.82, 2.24) is 10.6 Å². The zero-order valence-electron chi connectivity index (χ0n) is 9.46. The highest BCUT2D eigenvalue weighted by Crippen LogP contribution is 2.15. The number of carbonyl (C=O) groups excluding carboxylic acids is 1. The van der Waals surface area contributed by atoms with E-state index in [1.54, 1.807) is 6.92 Å². The van der Waals surface area contributed by atoms with E-state index in [1.165, 1.54) is 12.8 Å². The average molecular weight is 214 g/mol. The molecular formula is C11H22N2O2. The molecule has 1 unspecified atom stereocenters. The van der Waals surface area contributed by atoms with Gasteiger partial charge in [-0.05, 0) is 45.2 Å². The minimum atomic E-state index is -0.123. The maximum Gasteiger partial charge on any atom is 0.220 e. The summed E-state index contributed by atoms with van der Waals surface area (Å²) in [4.78, 5) is 11.4. The Balaban J connectivity index is 2.10. The van der Waals surface area contributed by atoms with Crippen LogP contribution >= 0.6 is 0 Å². The van der Waals surface area contributed by atoms with E-state index in [2.05, 4.69) is 10.6 Å². The summed E-state index contributed by atoms with van der Waals surface area (Å²) >= 11 is 0. The van der Waals surface area contributed by atoms with Crippen molar-refractivity contribution in [1.29, 1.82) is 0 Å². The number of piperidine rings is 1. The van der Waals surface area contributed by atoms with E-state index < -0.39 is 0 Å². The average Bonchev–Trinajstić information content (AvgIpc) is 2.27. The van der Waals surface area contributed by atoms with Gasteiger partial charge in [0.2, 0.25) is 5.91 Å². The van der Waals surface area contributed by atoms with Crippen LogP contribution in [0.5, 0.6) is 0 Å². The van der Waals surface area contributed by atoms with Crippen molar-refractivity contribution >= 4 is 5.91 Å². The number of aliphatic hydroxyl groups excluding tert-OH is 1. The van der Waals surface area contributed by atoms with Crippen LogP contribution in [0.1, 0.15) is 32.6 Å². The predicted octanol–water partition coefficient (Wildman–Crippen LogP) is 0.263. The second kappa shape index (κ2) is 6.80. The molecule has 1 aliphatic heterocycles. The van der Waals surface area contributed by atoms with Crippen molar-refractivity contribution in [3.63, 3.8) is 0 Å². The molecule has 0 aromatic heterocycles. The normalized spacial score (nSPS) is 23.5. The Morgan fingerprint density at radius 3 is 3.07 bits per heavy atom. The smallest absolute Gasteiger partial charge is 0.220 e. The lowest BCUT2D eigenvalue weighted by atomic mass is 9.94. The Morgan fingerprint density at radius 2 is 2.47 bits per heavy atom. The fraction of sp³-hybridized carbons (Fsp3) is 0.909. The van der Waals surface area contributed by atoms with E-state index in [9.17, 15) is 4.79 Å².